The van der Waals surface area contributed by atoms with E-state index in [1.807, 2.05) is 37.3 Å². The van der Waals surface area contributed by atoms with Crippen molar-refractivity contribution in [2.75, 3.05) is 6.61 Å². The number of aliphatic hydroxyl groups is 1. The van der Waals surface area contributed by atoms with Crippen molar-refractivity contribution in [3.63, 3.8) is 0 Å². The van der Waals surface area contributed by atoms with Crippen LogP contribution in [0.3, 0.4) is 0 Å². The first-order valence-electron chi connectivity index (χ1n) is 7.93. The maximum atomic E-state index is 8.99. The quantitative estimate of drug-likeness (QED) is 0.757. The molecule has 1 aromatic heterocycles. The van der Waals surface area contributed by atoms with Gasteiger partial charge in [-0.05, 0) is 42.7 Å². The zero-order valence-corrected chi connectivity index (χ0v) is 14.3. The van der Waals surface area contributed by atoms with Crippen molar-refractivity contribution in [1.82, 2.24) is 9.97 Å². The van der Waals surface area contributed by atoms with Gasteiger partial charge in [-0.25, -0.2) is 9.97 Å². The first-order valence-corrected chi connectivity index (χ1v) is 8.31. The Morgan fingerprint density at radius 1 is 0.958 bits per heavy atom. The first kappa shape index (κ1) is 16.6. The third-order valence-electron chi connectivity index (χ3n) is 3.80. The molecule has 0 bridgehead atoms. The fourth-order valence-electron chi connectivity index (χ4n) is 2.64. The topological polar surface area (TPSA) is 46.0 Å². The summed E-state index contributed by atoms with van der Waals surface area (Å²) in [5.74, 6) is 0.699. The number of halogens is 1. The Labute approximate surface area is 147 Å². The average Bonchev–Trinajstić information content (AvgIpc) is 2.56. The molecular weight excluding hydrogens is 320 g/mol. The standard InChI is InChI=1S/C20H19ClN2O/c1-14-11-19(12-16-7-5-15(6-8-16)9-10-24)23-20(22-14)17-3-2-4-18(21)13-17/h2-8,11,13,24H,9-10,12H2,1H3. The summed E-state index contributed by atoms with van der Waals surface area (Å²) >= 11 is 6.07. The fraction of sp³-hybridized carbons (Fsp3) is 0.200. The van der Waals surface area contributed by atoms with Gasteiger partial charge in [0.05, 0.1) is 0 Å². The highest BCUT2D eigenvalue weighted by molar-refractivity contribution is 6.30. The van der Waals surface area contributed by atoms with E-state index >= 15 is 0 Å². The zero-order chi connectivity index (χ0) is 16.9. The molecule has 0 spiro atoms. The van der Waals surface area contributed by atoms with Crippen molar-refractivity contribution >= 4 is 11.6 Å². The second-order valence-electron chi connectivity index (χ2n) is 5.80. The largest absolute Gasteiger partial charge is 0.396 e. The summed E-state index contributed by atoms with van der Waals surface area (Å²) in [6.07, 6.45) is 1.43. The zero-order valence-electron chi connectivity index (χ0n) is 13.5. The van der Waals surface area contributed by atoms with Gasteiger partial charge in [0, 0.05) is 35.0 Å². The van der Waals surface area contributed by atoms with E-state index in [0.717, 1.165) is 28.9 Å². The van der Waals surface area contributed by atoms with E-state index in [1.165, 1.54) is 5.56 Å². The van der Waals surface area contributed by atoms with E-state index in [9.17, 15) is 0 Å². The normalized spacial score (nSPS) is 10.8. The van der Waals surface area contributed by atoms with E-state index < -0.39 is 0 Å². The lowest BCUT2D eigenvalue weighted by Crippen LogP contribution is -1.99. The maximum Gasteiger partial charge on any atom is 0.159 e. The van der Waals surface area contributed by atoms with E-state index in [4.69, 9.17) is 16.7 Å². The summed E-state index contributed by atoms with van der Waals surface area (Å²) < 4.78 is 0. The van der Waals surface area contributed by atoms with Crippen LogP contribution in [0, 0.1) is 6.92 Å². The van der Waals surface area contributed by atoms with Gasteiger partial charge in [-0.3, -0.25) is 0 Å². The van der Waals surface area contributed by atoms with Crippen LogP contribution in [0.15, 0.2) is 54.6 Å². The Kier molecular flexibility index (Phi) is 5.24. The van der Waals surface area contributed by atoms with Crippen LogP contribution in [0.2, 0.25) is 5.02 Å². The van der Waals surface area contributed by atoms with Crippen LogP contribution in [0.4, 0.5) is 0 Å². The Hall–Kier alpha value is -2.23. The van der Waals surface area contributed by atoms with Crippen molar-refractivity contribution in [2.24, 2.45) is 0 Å². The number of benzene rings is 2. The van der Waals surface area contributed by atoms with E-state index in [0.29, 0.717) is 17.3 Å². The number of aromatic nitrogens is 2. The van der Waals surface area contributed by atoms with Gasteiger partial charge in [-0.1, -0.05) is 48.0 Å². The highest BCUT2D eigenvalue weighted by Gasteiger charge is 2.07. The van der Waals surface area contributed by atoms with Gasteiger partial charge in [0.1, 0.15) is 0 Å². The predicted molar refractivity (Wildman–Crippen MR) is 97.3 cm³/mol. The second-order valence-corrected chi connectivity index (χ2v) is 6.24. The van der Waals surface area contributed by atoms with Gasteiger partial charge in [0.25, 0.3) is 0 Å². The summed E-state index contributed by atoms with van der Waals surface area (Å²) in [6, 6.07) is 17.9. The molecule has 0 radical (unpaired) electrons. The van der Waals surface area contributed by atoms with Crippen molar-refractivity contribution in [1.29, 1.82) is 0 Å². The fourth-order valence-corrected chi connectivity index (χ4v) is 2.83. The third kappa shape index (κ3) is 4.19. The van der Waals surface area contributed by atoms with Gasteiger partial charge in [-0.2, -0.15) is 0 Å². The van der Waals surface area contributed by atoms with E-state index in [2.05, 4.69) is 34.2 Å². The maximum absolute atomic E-state index is 8.99. The molecule has 24 heavy (non-hydrogen) atoms. The minimum atomic E-state index is 0.174. The smallest absolute Gasteiger partial charge is 0.159 e. The minimum absolute atomic E-state index is 0.174. The van der Waals surface area contributed by atoms with Crippen LogP contribution in [0.25, 0.3) is 11.4 Å². The van der Waals surface area contributed by atoms with Crippen LogP contribution in [0.5, 0.6) is 0 Å². The Balaban J connectivity index is 1.86. The molecule has 1 heterocycles. The molecule has 3 nitrogen and oxygen atoms in total. The molecule has 0 fully saturated rings. The lowest BCUT2D eigenvalue weighted by molar-refractivity contribution is 0.299. The molecule has 0 saturated carbocycles. The number of hydrogen-bond acceptors (Lipinski definition) is 3. The Morgan fingerprint density at radius 2 is 1.71 bits per heavy atom. The summed E-state index contributed by atoms with van der Waals surface area (Å²) in [5, 5.41) is 9.67. The van der Waals surface area contributed by atoms with Gasteiger partial charge >= 0.3 is 0 Å². The molecular formula is C20H19ClN2O. The molecule has 2 aromatic carbocycles. The van der Waals surface area contributed by atoms with Crippen LogP contribution < -0.4 is 0 Å². The lowest BCUT2D eigenvalue weighted by Gasteiger charge is -2.07. The van der Waals surface area contributed by atoms with Crippen molar-refractivity contribution in [2.45, 2.75) is 19.8 Å². The van der Waals surface area contributed by atoms with Gasteiger partial charge in [0.2, 0.25) is 0 Å². The first-order chi connectivity index (χ1) is 11.6. The number of nitrogens with zero attached hydrogens (tertiary/aromatic N) is 2. The Bertz CT molecular complexity index is 831. The molecule has 4 heteroatoms. The third-order valence-corrected chi connectivity index (χ3v) is 4.03. The van der Waals surface area contributed by atoms with Crippen LogP contribution in [-0.2, 0) is 12.8 Å². The number of hydrogen-bond donors (Lipinski definition) is 1. The summed E-state index contributed by atoms with van der Waals surface area (Å²) in [7, 11) is 0. The molecule has 0 saturated heterocycles. The molecule has 0 aliphatic rings. The van der Waals surface area contributed by atoms with E-state index in [1.54, 1.807) is 0 Å². The molecule has 0 aliphatic carbocycles. The summed E-state index contributed by atoms with van der Waals surface area (Å²) in [5.41, 5.74) is 5.16. The number of rotatable bonds is 5. The van der Waals surface area contributed by atoms with Crippen molar-refractivity contribution < 1.29 is 5.11 Å². The van der Waals surface area contributed by atoms with Crippen molar-refractivity contribution in [3.05, 3.63) is 82.1 Å². The minimum Gasteiger partial charge on any atom is -0.396 e. The van der Waals surface area contributed by atoms with Crippen LogP contribution in [0.1, 0.15) is 22.5 Å². The van der Waals surface area contributed by atoms with Crippen LogP contribution in [-0.4, -0.2) is 21.7 Å². The average molecular weight is 339 g/mol. The summed E-state index contributed by atoms with van der Waals surface area (Å²) in [4.78, 5) is 9.22. The van der Waals surface area contributed by atoms with E-state index in [-0.39, 0.29) is 6.61 Å². The van der Waals surface area contributed by atoms with Crippen LogP contribution >= 0.6 is 11.6 Å². The highest BCUT2D eigenvalue weighted by Crippen LogP contribution is 2.21. The molecule has 1 N–H and O–H groups in total. The lowest BCUT2D eigenvalue weighted by atomic mass is 10.1. The molecule has 0 unspecified atom stereocenters. The molecule has 3 aromatic rings. The highest BCUT2D eigenvalue weighted by atomic mass is 35.5. The molecule has 122 valence electrons. The number of aryl methyl sites for hydroxylation is 1. The monoisotopic (exact) mass is 338 g/mol. The predicted octanol–water partition coefficient (Wildman–Crippen LogP) is 4.23. The van der Waals surface area contributed by atoms with Gasteiger partial charge in [-0.15, -0.1) is 0 Å². The van der Waals surface area contributed by atoms with Gasteiger partial charge in [0.15, 0.2) is 5.82 Å². The molecule has 0 aliphatic heterocycles. The molecule has 0 amide bonds. The van der Waals surface area contributed by atoms with Crippen molar-refractivity contribution in [3.8, 4) is 11.4 Å². The molecule has 3 rings (SSSR count). The second kappa shape index (κ2) is 7.56. The number of aliphatic hydroxyl groups excluding tert-OH is 1. The molecule has 0 atom stereocenters. The van der Waals surface area contributed by atoms with Gasteiger partial charge < -0.3 is 5.11 Å². The SMILES string of the molecule is Cc1cc(Cc2ccc(CCO)cc2)nc(-c2cccc(Cl)c2)n1. The Morgan fingerprint density at radius 3 is 2.42 bits per heavy atom. The summed E-state index contributed by atoms with van der Waals surface area (Å²) in [6.45, 7) is 2.15.